The van der Waals surface area contributed by atoms with Crippen LogP contribution in [0, 0.1) is 5.92 Å². The summed E-state index contributed by atoms with van der Waals surface area (Å²) in [6.45, 7) is 6.00. The number of carbonyl (C=O) groups is 2. The van der Waals surface area contributed by atoms with Crippen LogP contribution in [0.3, 0.4) is 0 Å². The number of amides is 2. The number of imidazole rings is 1. The largest absolute Gasteiger partial charge is 0.453 e. The summed E-state index contributed by atoms with van der Waals surface area (Å²) in [6, 6.07) is -0.549. The molecule has 0 bridgehead atoms. The number of carbonyl (C=O) groups excluding carboxylic acids is 2. The van der Waals surface area contributed by atoms with Gasteiger partial charge in [-0.25, -0.2) is 9.78 Å². The van der Waals surface area contributed by atoms with Gasteiger partial charge in [-0.05, 0) is 25.7 Å². The van der Waals surface area contributed by atoms with Crippen LogP contribution >= 0.6 is 0 Å². The highest BCUT2D eigenvalue weighted by atomic mass is 16.5. The SMILES string of the molecule is CC[C@H](C)[C@H](NC(=O)OC)C(=O)N1[C@@H](C)CC[C@H]1c1ncc[nH]1. The molecule has 0 spiro atoms. The van der Waals surface area contributed by atoms with E-state index in [0.717, 1.165) is 25.1 Å². The topological polar surface area (TPSA) is 87.3 Å². The van der Waals surface area contributed by atoms with Crippen molar-refractivity contribution in [1.82, 2.24) is 20.2 Å². The molecule has 2 rings (SSSR count). The summed E-state index contributed by atoms with van der Waals surface area (Å²) in [6.07, 6.45) is 5.45. The molecule has 0 radical (unpaired) electrons. The van der Waals surface area contributed by atoms with Crippen LogP contribution < -0.4 is 5.32 Å². The fourth-order valence-corrected chi connectivity index (χ4v) is 3.11. The molecule has 2 amide bonds. The van der Waals surface area contributed by atoms with E-state index in [1.807, 2.05) is 25.7 Å². The predicted octanol–water partition coefficient (Wildman–Crippen LogP) is 2.23. The lowest BCUT2D eigenvalue weighted by Crippen LogP contribution is -2.53. The lowest BCUT2D eigenvalue weighted by atomic mass is 9.97. The van der Waals surface area contributed by atoms with Crippen LogP contribution in [-0.4, -0.2) is 46.1 Å². The normalized spacial score (nSPS) is 23.4. The zero-order valence-corrected chi connectivity index (χ0v) is 14.2. The van der Waals surface area contributed by atoms with Crippen molar-refractivity contribution in [3.05, 3.63) is 18.2 Å². The van der Waals surface area contributed by atoms with Gasteiger partial charge < -0.3 is 19.9 Å². The van der Waals surface area contributed by atoms with Crippen LogP contribution in [0.2, 0.25) is 0 Å². The van der Waals surface area contributed by atoms with Gasteiger partial charge in [-0.2, -0.15) is 0 Å². The van der Waals surface area contributed by atoms with E-state index in [4.69, 9.17) is 0 Å². The number of hydrogen-bond donors (Lipinski definition) is 2. The lowest BCUT2D eigenvalue weighted by Gasteiger charge is -2.33. The van der Waals surface area contributed by atoms with Crippen LogP contribution in [0.25, 0.3) is 0 Å². The van der Waals surface area contributed by atoms with E-state index >= 15 is 0 Å². The maximum absolute atomic E-state index is 13.1. The molecule has 1 aliphatic heterocycles. The van der Waals surface area contributed by atoms with Crippen molar-refractivity contribution >= 4 is 12.0 Å². The molecular weight excluding hydrogens is 296 g/mol. The van der Waals surface area contributed by atoms with Crippen molar-refractivity contribution < 1.29 is 14.3 Å². The van der Waals surface area contributed by atoms with Gasteiger partial charge in [0.05, 0.1) is 13.2 Å². The van der Waals surface area contributed by atoms with Gasteiger partial charge in [0, 0.05) is 18.4 Å². The molecule has 4 atom stereocenters. The summed E-state index contributed by atoms with van der Waals surface area (Å²) in [5, 5.41) is 2.70. The number of nitrogens with one attached hydrogen (secondary N) is 2. The highest BCUT2D eigenvalue weighted by molar-refractivity contribution is 5.86. The summed E-state index contributed by atoms with van der Waals surface area (Å²) in [7, 11) is 1.30. The number of nitrogens with zero attached hydrogens (tertiary/aromatic N) is 2. The van der Waals surface area contributed by atoms with Crippen LogP contribution in [0.15, 0.2) is 12.4 Å². The van der Waals surface area contributed by atoms with Crippen LogP contribution in [0.1, 0.15) is 51.9 Å². The van der Waals surface area contributed by atoms with E-state index < -0.39 is 12.1 Å². The van der Waals surface area contributed by atoms with E-state index in [1.54, 1.807) is 12.4 Å². The molecule has 7 nitrogen and oxygen atoms in total. The Morgan fingerprint density at radius 2 is 2.26 bits per heavy atom. The first-order valence-corrected chi connectivity index (χ1v) is 8.15. The molecule has 2 N–H and O–H groups in total. The van der Waals surface area contributed by atoms with Gasteiger partial charge in [0.1, 0.15) is 11.9 Å². The molecule has 23 heavy (non-hydrogen) atoms. The number of rotatable bonds is 5. The number of methoxy groups -OCH3 is 1. The monoisotopic (exact) mass is 322 g/mol. The summed E-state index contributed by atoms with van der Waals surface area (Å²) in [5.74, 6) is 0.742. The number of aromatic amines is 1. The third kappa shape index (κ3) is 3.65. The Balaban J connectivity index is 2.23. The minimum atomic E-state index is -0.592. The Kier molecular flexibility index (Phi) is 5.63. The molecule has 128 valence electrons. The number of ether oxygens (including phenoxy) is 1. The van der Waals surface area contributed by atoms with Crippen LogP contribution in [0.4, 0.5) is 4.79 Å². The van der Waals surface area contributed by atoms with Crippen LogP contribution in [-0.2, 0) is 9.53 Å². The van der Waals surface area contributed by atoms with E-state index in [9.17, 15) is 9.59 Å². The minimum Gasteiger partial charge on any atom is -0.453 e. The van der Waals surface area contributed by atoms with Crippen molar-refractivity contribution in [2.24, 2.45) is 5.92 Å². The van der Waals surface area contributed by atoms with Gasteiger partial charge in [0.15, 0.2) is 0 Å². The molecule has 1 saturated heterocycles. The van der Waals surface area contributed by atoms with E-state index in [1.165, 1.54) is 7.11 Å². The van der Waals surface area contributed by atoms with Crippen LogP contribution in [0.5, 0.6) is 0 Å². The number of hydrogen-bond acceptors (Lipinski definition) is 4. The Morgan fingerprint density at radius 3 is 2.83 bits per heavy atom. The molecule has 1 fully saturated rings. The molecule has 2 heterocycles. The molecule has 1 aliphatic rings. The van der Waals surface area contributed by atoms with Gasteiger partial charge in [0.25, 0.3) is 0 Å². The van der Waals surface area contributed by atoms with E-state index in [-0.39, 0.29) is 23.9 Å². The zero-order chi connectivity index (χ0) is 17.0. The maximum atomic E-state index is 13.1. The second kappa shape index (κ2) is 7.48. The number of alkyl carbamates (subject to hydrolysis) is 1. The maximum Gasteiger partial charge on any atom is 0.407 e. The Labute approximate surface area is 136 Å². The van der Waals surface area contributed by atoms with Gasteiger partial charge in [-0.1, -0.05) is 20.3 Å². The summed E-state index contributed by atoms with van der Waals surface area (Å²) in [4.78, 5) is 34.0. The second-order valence-electron chi connectivity index (χ2n) is 6.16. The summed E-state index contributed by atoms with van der Waals surface area (Å²) >= 11 is 0. The van der Waals surface area contributed by atoms with Crippen molar-refractivity contribution in [1.29, 1.82) is 0 Å². The third-order valence-electron chi connectivity index (χ3n) is 4.70. The quantitative estimate of drug-likeness (QED) is 0.870. The van der Waals surface area contributed by atoms with Gasteiger partial charge in [0.2, 0.25) is 5.91 Å². The first-order valence-electron chi connectivity index (χ1n) is 8.15. The van der Waals surface area contributed by atoms with Crippen molar-refractivity contribution in [2.75, 3.05) is 7.11 Å². The second-order valence-corrected chi connectivity index (χ2v) is 6.16. The smallest absolute Gasteiger partial charge is 0.407 e. The van der Waals surface area contributed by atoms with Gasteiger partial charge >= 0.3 is 6.09 Å². The minimum absolute atomic E-state index is 0.0200. The average Bonchev–Trinajstić information content (AvgIpc) is 3.20. The molecule has 0 saturated carbocycles. The Morgan fingerprint density at radius 1 is 1.52 bits per heavy atom. The number of likely N-dealkylation sites (tertiary alicyclic amines) is 1. The molecule has 0 unspecified atom stereocenters. The average molecular weight is 322 g/mol. The first kappa shape index (κ1) is 17.3. The first-order chi connectivity index (χ1) is 11.0. The van der Waals surface area contributed by atoms with Crippen molar-refractivity contribution in [2.45, 2.75) is 58.2 Å². The van der Waals surface area contributed by atoms with E-state index in [0.29, 0.717) is 0 Å². The lowest BCUT2D eigenvalue weighted by molar-refractivity contribution is -0.137. The van der Waals surface area contributed by atoms with Crippen molar-refractivity contribution in [3.8, 4) is 0 Å². The highest BCUT2D eigenvalue weighted by Crippen LogP contribution is 2.35. The fraction of sp³-hybridized carbons (Fsp3) is 0.688. The third-order valence-corrected chi connectivity index (χ3v) is 4.70. The fourth-order valence-electron chi connectivity index (χ4n) is 3.11. The van der Waals surface area contributed by atoms with Gasteiger partial charge in [-0.3, -0.25) is 4.79 Å². The highest BCUT2D eigenvalue weighted by Gasteiger charge is 2.41. The standard InChI is InChI=1S/C16H26N4O3/c1-5-10(2)13(19-16(22)23-4)15(21)20-11(3)6-7-12(20)14-17-8-9-18-14/h8-13H,5-7H2,1-4H3,(H,17,18)(H,19,22)/t10-,11-,12-,13-/m0/s1. The molecule has 0 aromatic carbocycles. The Bertz CT molecular complexity index is 531. The zero-order valence-electron chi connectivity index (χ0n) is 14.2. The molecule has 0 aliphatic carbocycles. The predicted molar refractivity (Wildman–Crippen MR) is 85.7 cm³/mol. The number of aromatic nitrogens is 2. The molecule has 1 aromatic heterocycles. The van der Waals surface area contributed by atoms with E-state index in [2.05, 4.69) is 20.0 Å². The van der Waals surface area contributed by atoms with Crippen molar-refractivity contribution in [3.63, 3.8) is 0 Å². The summed E-state index contributed by atoms with van der Waals surface area (Å²) in [5.41, 5.74) is 0. The molecule has 1 aromatic rings. The molecular formula is C16H26N4O3. The Hall–Kier alpha value is -2.05. The summed E-state index contributed by atoms with van der Waals surface area (Å²) < 4.78 is 4.67. The molecule has 7 heteroatoms. The van der Waals surface area contributed by atoms with Gasteiger partial charge in [-0.15, -0.1) is 0 Å². The number of H-pyrrole nitrogens is 1.